The molecule has 3 heteroatoms. The number of fused-ring (bicyclic) bond motifs is 1. The van der Waals surface area contributed by atoms with E-state index in [0.717, 1.165) is 6.54 Å². The molecule has 0 saturated carbocycles. The summed E-state index contributed by atoms with van der Waals surface area (Å²) in [6.07, 6.45) is 6.72. The van der Waals surface area contributed by atoms with E-state index < -0.39 is 0 Å². The van der Waals surface area contributed by atoms with Crippen LogP contribution in [-0.2, 0) is 12.8 Å². The SMILES string of the molecule is CCNC(c1cc2c(s1)CCCCC2)c1ccsc1C. The molecule has 1 atom stereocenters. The zero-order chi connectivity index (χ0) is 13.9. The van der Waals surface area contributed by atoms with Crippen LogP contribution in [0.5, 0.6) is 0 Å². The number of aryl methyl sites for hydroxylation is 3. The highest BCUT2D eigenvalue weighted by molar-refractivity contribution is 7.12. The highest BCUT2D eigenvalue weighted by Crippen LogP contribution is 2.36. The monoisotopic (exact) mass is 305 g/mol. The van der Waals surface area contributed by atoms with Crippen LogP contribution in [0.1, 0.15) is 58.0 Å². The lowest BCUT2D eigenvalue weighted by Gasteiger charge is -2.16. The molecule has 0 bridgehead atoms. The number of hydrogen-bond donors (Lipinski definition) is 1. The van der Waals surface area contributed by atoms with Gasteiger partial charge in [0.25, 0.3) is 0 Å². The second-order valence-electron chi connectivity index (χ2n) is 5.58. The van der Waals surface area contributed by atoms with Crippen LogP contribution in [-0.4, -0.2) is 6.54 Å². The lowest BCUT2D eigenvalue weighted by atomic mass is 10.0. The predicted molar refractivity (Wildman–Crippen MR) is 90.2 cm³/mol. The Morgan fingerprint density at radius 2 is 2.10 bits per heavy atom. The van der Waals surface area contributed by atoms with E-state index in [-0.39, 0.29) is 0 Å². The van der Waals surface area contributed by atoms with Crippen LogP contribution < -0.4 is 5.32 Å². The minimum absolute atomic E-state index is 0.392. The van der Waals surface area contributed by atoms with E-state index in [1.165, 1.54) is 47.4 Å². The average molecular weight is 306 g/mol. The molecule has 2 aromatic heterocycles. The average Bonchev–Trinajstić information content (AvgIpc) is 2.97. The standard InChI is InChI=1S/C17H23NS2/c1-3-18-17(14-9-10-19-12(14)2)16-11-13-7-5-4-6-8-15(13)20-16/h9-11,17-18H,3-8H2,1-2H3. The Hall–Kier alpha value is -0.640. The van der Waals surface area contributed by atoms with Gasteiger partial charge in [-0.3, -0.25) is 0 Å². The van der Waals surface area contributed by atoms with Gasteiger partial charge in [0, 0.05) is 14.6 Å². The fraction of sp³-hybridized carbons (Fsp3) is 0.529. The van der Waals surface area contributed by atoms with Crippen LogP contribution in [0.25, 0.3) is 0 Å². The maximum absolute atomic E-state index is 3.68. The van der Waals surface area contributed by atoms with E-state index in [4.69, 9.17) is 0 Å². The first-order valence-electron chi connectivity index (χ1n) is 7.68. The summed E-state index contributed by atoms with van der Waals surface area (Å²) in [5.74, 6) is 0. The first kappa shape index (κ1) is 14.3. The summed E-state index contributed by atoms with van der Waals surface area (Å²) in [5.41, 5.74) is 3.09. The van der Waals surface area contributed by atoms with Gasteiger partial charge in [0.1, 0.15) is 0 Å². The Morgan fingerprint density at radius 3 is 2.85 bits per heavy atom. The molecule has 0 radical (unpaired) electrons. The molecule has 20 heavy (non-hydrogen) atoms. The summed E-state index contributed by atoms with van der Waals surface area (Å²) in [6.45, 7) is 5.46. The van der Waals surface area contributed by atoms with Crippen LogP contribution >= 0.6 is 22.7 Å². The van der Waals surface area contributed by atoms with Crippen LogP contribution in [0.3, 0.4) is 0 Å². The van der Waals surface area contributed by atoms with Crippen LogP contribution in [0.2, 0.25) is 0 Å². The Kier molecular flexibility index (Phi) is 4.59. The van der Waals surface area contributed by atoms with Crippen molar-refractivity contribution < 1.29 is 0 Å². The molecule has 1 unspecified atom stereocenters. The largest absolute Gasteiger partial charge is 0.306 e. The molecule has 0 saturated heterocycles. The van der Waals surface area contributed by atoms with Gasteiger partial charge in [0.15, 0.2) is 0 Å². The van der Waals surface area contributed by atoms with Crippen LogP contribution in [0.4, 0.5) is 0 Å². The van der Waals surface area contributed by atoms with E-state index in [0.29, 0.717) is 6.04 Å². The Balaban J connectivity index is 1.94. The maximum atomic E-state index is 3.68. The second-order valence-corrected chi connectivity index (χ2v) is 7.87. The van der Waals surface area contributed by atoms with Crippen molar-refractivity contribution in [2.45, 2.75) is 52.0 Å². The first-order valence-corrected chi connectivity index (χ1v) is 9.38. The van der Waals surface area contributed by atoms with Crippen molar-refractivity contribution in [2.24, 2.45) is 0 Å². The molecule has 0 aliphatic heterocycles. The maximum Gasteiger partial charge on any atom is 0.0681 e. The quantitative estimate of drug-likeness (QED) is 0.776. The summed E-state index contributed by atoms with van der Waals surface area (Å²) in [4.78, 5) is 4.60. The molecule has 108 valence electrons. The van der Waals surface area contributed by atoms with Gasteiger partial charge in [-0.2, -0.15) is 0 Å². The molecular formula is C17H23NS2. The van der Waals surface area contributed by atoms with Crippen molar-refractivity contribution >= 4 is 22.7 Å². The molecule has 1 aliphatic carbocycles. The highest BCUT2D eigenvalue weighted by Gasteiger charge is 2.21. The number of hydrogen-bond acceptors (Lipinski definition) is 3. The van der Waals surface area contributed by atoms with E-state index in [1.54, 1.807) is 10.4 Å². The van der Waals surface area contributed by atoms with Crippen LogP contribution in [0, 0.1) is 6.92 Å². The predicted octanol–water partition coefficient (Wildman–Crippen LogP) is 5.09. The lowest BCUT2D eigenvalue weighted by Crippen LogP contribution is -2.21. The minimum atomic E-state index is 0.392. The van der Waals surface area contributed by atoms with Gasteiger partial charge in [-0.25, -0.2) is 0 Å². The van der Waals surface area contributed by atoms with Crippen molar-refractivity contribution in [1.29, 1.82) is 0 Å². The topological polar surface area (TPSA) is 12.0 Å². The molecule has 3 rings (SSSR count). The van der Waals surface area contributed by atoms with Crippen molar-refractivity contribution in [1.82, 2.24) is 5.32 Å². The smallest absolute Gasteiger partial charge is 0.0681 e. The molecule has 0 spiro atoms. The number of thiophene rings is 2. The van der Waals surface area contributed by atoms with Gasteiger partial charge in [-0.1, -0.05) is 13.3 Å². The summed E-state index contributed by atoms with van der Waals surface area (Å²) in [6, 6.07) is 5.16. The van der Waals surface area contributed by atoms with Crippen LogP contribution in [0.15, 0.2) is 17.5 Å². The van der Waals surface area contributed by atoms with Gasteiger partial charge in [0.05, 0.1) is 6.04 Å². The second kappa shape index (κ2) is 6.42. The third-order valence-electron chi connectivity index (χ3n) is 4.17. The molecule has 1 nitrogen and oxygen atoms in total. The zero-order valence-electron chi connectivity index (χ0n) is 12.4. The summed E-state index contributed by atoms with van der Waals surface area (Å²) in [5, 5.41) is 5.90. The van der Waals surface area contributed by atoms with Gasteiger partial charge < -0.3 is 5.32 Å². The van der Waals surface area contributed by atoms with Gasteiger partial charge in [-0.05, 0) is 67.8 Å². The molecule has 2 heterocycles. The van der Waals surface area contributed by atoms with Crippen molar-refractivity contribution in [3.63, 3.8) is 0 Å². The Labute approximate surface area is 130 Å². The summed E-state index contributed by atoms with van der Waals surface area (Å²) in [7, 11) is 0. The number of nitrogens with one attached hydrogen (secondary N) is 1. The summed E-state index contributed by atoms with van der Waals surface area (Å²) < 4.78 is 0. The third-order valence-corrected chi connectivity index (χ3v) is 6.33. The lowest BCUT2D eigenvalue weighted by molar-refractivity contribution is 0.638. The van der Waals surface area contributed by atoms with Crippen molar-refractivity contribution in [2.75, 3.05) is 6.54 Å². The van der Waals surface area contributed by atoms with Crippen molar-refractivity contribution in [3.8, 4) is 0 Å². The van der Waals surface area contributed by atoms with E-state index in [1.807, 2.05) is 22.7 Å². The van der Waals surface area contributed by atoms with E-state index in [2.05, 4.69) is 36.7 Å². The summed E-state index contributed by atoms with van der Waals surface area (Å²) >= 11 is 3.90. The molecule has 1 N–H and O–H groups in total. The Bertz CT molecular complexity index is 544. The Morgan fingerprint density at radius 1 is 1.25 bits per heavy atom. The molecule has 1 aliphatic rings. The van der Waals surface area contributed by atoms with E-state index >= 15 is 0 Å². The zero-order valence-corrected chi connectivity index (χ0v) is 14.0. The first-order chi connectivity index (χ1) is 9.79. The van der Waals surface area contributed by atoms with Crippen molar-refractivity contribution in [3.05, 3.63) is 43.3 Å². The molecule has 0 amide bonds. The molecule has 0 aromatic carbocycles. The number of rotatable bonds is 4. The van der Waals surface area contributed by atoms with Gasteiger partial charge in [-0.15, -0.1) is 22.7 Å². The van der Waals surface area contributed by atoms with E-state index in [9.17, 15) is 0 Å². The molecule has 2 aromatic rings. The molecular weight excluding hydrogens is 282 g/mol. The van der Waals surface area contributed by atoms with Gasteiger partial charge in [0.2, 0.25) is 0 Å². The molecule has 0 fully saturated rings. The third kappa shape index (κ3) is 2.85. The fourth-order valence-electron chi connectivity index (χ4n) is 3.09. The van der Waals surface area contributed by atoms with Gasteiger partial charge >= 0.3 is 0 Å². The fourth-order valence-corrected chi connectivity index (χ4v) is 5.19. The highest BCUT2D eigenvalue weighted by atomic mass is 32.1. The minimum Gasteiger partial charge on any atom is -0.306 e. The normalized spacial score (nSPS) is 16.7.